The van der Waals surface area contributed by atoms with Gasteiger partial charge in [0.15, 0.2) is 0 Å². The zero-order valence-electron chi connectivity index (χ0n) is 11.6. The van der Waals surface area contributed by atoms with Crippen LogP contribution in [0.25, 0.3) is 0 Å². The van der Waals surface area contributed by atoms with Crippen LogP contribution >= 0.6 is 0 Å². The van der Waals surface area contributed by atoms with Crippen molar-refractivity contribution >= 4 is 11.5 Å². The van der Waals surface area contributed by atoms with Crippen molar-refractivity contribution in [3.05, 3.63) is 17.8 Å². The van der Waals surface area contributed by atoms with Crippen LogP contribution in [0.4, 0.5) is 11.5 Å². The summed E-state index contributed by atoms with van der Waals surface area (Å²) >= 11 is 0. The number of pyridine rings is 1. The number of aromatic nitrogens is 1. The highest BCUT2D eigenvalue weighted by molar-refractivity contribution is 5.51. The fourth-order valence-electron chi connectivity index (χ4n) is 2.93. The van der Waals surface area contributed by atoms with E-state index in [0.29, 0.717) is 6.04 Å². The maximum atomic E-state index is 5.80. The summed E-state index contributed by atoms with van der Waals surface area (Å²) < 4.78 is 0. The van der Waals surface area contributed by atoms with Gasteiger partial charge in [-0.25, -0.2) is 4.98 Å². The van der Waals surface area contributed by atoms with E-state index in [0.717, 1.165) is 29.4 Å². The highest BCUT2D eigenvalue weighted by atomic mass is 15.0. The van der Waals surface area contributed by atoms with E-state index in [1.807, 2.05) is 6.92 Å². The van der Waals surface area contributed by atoms with Gasteiger partial charge in [-0.15, -0.1) is 0 Å². The highest BCUT2D eigenvalue weighted by Crippen LogP contribution is 2.29. The molecule has 1 fully saturated rings. The molecule has 0 spiro atoms. The van der Waals surface area contributed by atoms with Gasteiger partial charge in [0.1, 0.15) is 5.82 Å². The second kappa shape index (κ2) is 6.07. The van der Waals surface area contributed by atoms with Crippen molar-refractivity contribution in [1.82, 2.24) is 4.98 Å². The molecule has 1 saturated carbocycles. The lowest BCUT2D eigenvalue weighted by atomic mass is 9.83. The van der Waals surface area contributed by atoms with Crippen LogP contribution in [-0.2, 0) is 0 Å². The molecule has 18 heavy (non-hydrogen) atoms. The van der Waals surface area contributed by atoms with E-state index >= 15 is 0 Å². The van der Waals surface area contributed by atoms with E-state index in [4.69, 9.17) is 5.73 Å². The summed E-state index contributed by atoms with van der Waals surface area (Å²) in [5, 5.41) is 3.60. The fraction of sp³-hybridized carbons (Fsp3) is 0.667. The number of nitrogens with one attached hydrogen (secondary N) is 1. The van der Waals surface area contributed by atoms with Gasteiger partial charge in [0, 0.05) is 6.04 Å². The molecule has 1 aliphatic carbocycles. The maximum Gasteiger partial charge on any atom is 0.126 e. The van der Waals surface area contributed by atoms with Crippen LogP contribution in [-0.4, -0.2) is 11.0 Å². The van der Waals surface area contributed by atoms with Gasteiger partial charge in [-0.3, -0.25) is 0 Å². The molecular formula is C15H25N3. The SMILES string of the molecule is CCC(Nc1cc(C)c(N)cn1)C1CCCCC1. The van der Waals surface area contributed by atoms with Gasteiger partial charge in [-0.2, -0.15) is 0 Å². The Morgan fingerprint density at radius 1 is 1.39 bits per heavy atom. The molecule has 3 heteroatoms. The van der Waals surface area contributed by atoms with Crippen LogP contribution in [0, 0.1) is 12.8 Å². The molecule has 1 heterocycles. The first-order chi connectivity index (χ1) is 8.70. The molecule has 3 N–H and O–H groups in total. The van der Waals surface area contributed by atoms with E-state index in [9.17, 15) is 0 Å². The van der Waals surface area contributed by atoms with Crippen LogP contribution in [0.5, 0.6) is 0 Å². The van der Waals surface area contributed by atoms with Gasteiger partial charge in [0.05, 0.1) is 11.9 Å². The van der Waals surface area contributed by atoms with Gasteiger partial charge in [-0.05, 0) is 43.7 Å². The number of aryl methyl sites for hydroxylation is 1. The highest BCUT2D eigenvalue weighted by Gasteiger charge is 2.22. The molecule has 0 bridgehead atoms. The van der Waals surface area contributed by atoms with E-state index in [-0.39, 0.29) is 0 Å². The first-order valence-corrected chi connectivity index (χ1v) is 7.19. The van der Waals surface area contributed by atoms with Crippen molar-refractivity contribution in [2.24, 2.45) is 5.92 Å². The molecule has 0 amide bonds. The quantitative estimate of drug-likeness (QED) is 0.852. The van der Waals surface area contributed by atoms with Crippen LogP contribution in [0.15, 0.2) is 12.3 Å². The van der Waals surface area contributed by atoms with Crippen molar-refractivity contribution in [2.45, 2.75) is 58.4 Å². The maximum absolute atomic E-state index is 5.80. The monoisotopic (exact) mass is 247 g/mol. The van der Waals surface area contributed by atoms with Crippen molar-refractivity contribution in [3.8, 4) is 0 Å². The van der Waals surface area contributed by atoms with Gasteiger partial charge in [0.2, 0.25) is 0 Å². The Labute approximate surface area is 110 Å². The minimum atomic E-state index is 0.556. The minimum Gasteiger partial charge on any atom is -0.397 e. The van der Waals surface area contributed by atoms with E-state index in [2.05, 4.69) is 23.3 Å². The predicted octanol–water partition coefficient (Wildman–Crippen LogP) is 3.74. The molecule has 1 aliphatic rings. The lowest BCUT2D eigenvalue weighted by Crippen LogP contribution is -2.30. The first kappa shape index (κ1) is 13.2. The molecule has 3 nitrogen and oxygen atoms in total. The number of nitrogens with two attached hydrogens (primary N) is 1. The standard InChI is InChI=1S/C15H25N3/c1-3-14(12-7-5-4-6-8-12)18-15-9-11(2)13(16)10-17-15/h9-10,12,14H,3-8,16H2,1-2H3,(H,17,18). The average Bonchev–Trinajstić information content (AvgIpc) is 2.41. The lowest BCUT2D eigenvalue weighted by Gasteiger charge is -2.30. The van der Waals surface area contributed by atoms with Crippen molar-refractivity contribution in [2.75, 3.05) is 11.1 Å². The number of nitrogens with zero attached hydrogens (tertiary/aromatic N) is 1. The van der Waals surface area contributed by atoms with Gasteiger partial charge < -0.3 is 11.1 Å². The molecule has 1 atom stereocenters. The third-order valence-corrected chi connectivity index (χ3v) is 4.14. The number of nitrogen functional groups attached to an aromatic ring is 1. The molecule has 100 valence electrons. The summed E-state index contributed by atoms with van der Waals surface area (Å²) in [7, 11) is 0. The number of anilines is 2. The van der Waals surface area contributed by atoms with E-state index in [1.165, 1.54) is 32.1 Å². The molecule has 0 aliphatic heterocycles. The number of rotatable bonds is 4. The Balaban J connectivity index is 2.02. The summed E-state index contributed by atoms with van der Waals surface area (Å²) in [6.45, 7) is 4.29. The smallest absolute Gasteiger partial charge is 0.126 e. The van der Waals surface area contributed by atoms with Crippen molar-refractivity contribution in [3.63, 3.8) is 0 Å². The summed E-state index contributed by atoms with van der Waals surface area (Å²) in [6, 6.07) is 2.61. The topological polar surface area (TPSA) is 50.9 Å². The largest absolute Gasteiger partial charge is 0.397 e. The molecule has 1 aromatic heterocycles. The fourth-order valence-corrected chi connectivity index (χ4v) is 2.93. The Morgan fingerprint density at radius 2 is 2.11 bits per heavy atom. The third-order valence-electron chi connectivity index (χ3n) is 4.14. The Kier molecular flexibility index (Phi) is 4.45. The van der Waals surface area contributed by atoms with Crippen molar-refractivity contribution < 1.29 is 0 Å². The van der Waals surface area contributed by atoms with Crippen molar-refractivity contribution in [1.29, 1.82) is 0 Å². The second-order valence-electron chi connectivity index (χ2n) is 5.48. The Bertz CT molecular complexity index is 383. The van der Waals surface area contributed by atoms with Gasteiger partial charge >= 0.3 is 0 Å². The first-order valence-electron chi connectivity index (χ1n) is 7.19. The Hall–Kier alpha value is -1.25. The Morgan fingerprint density at radius 3 is 2.72 bits per heavy atom. The van der Waals surface area contributed by atoms with Crippen LogP contribution < -0.4 is 11.1 Å². The molecule has 2 rings (SSSR count). The van der Waals surface area contributed by atoms with E-state index in [1.54, 1.807) is 6.20 Å². The summed E-state index contributed by atoms with van der Waals surface area (Å²) in [6.07, 6.45) is 9.82. The normalized spacial score (nSPS) is 18.6. The molecular weight excluding hydrogens is 222 g/mol. The summed E-state index contributed by atoms with van der Waals surface area (Å²) in [4.78, 5) is 4.39. The third kappa shape index (κ3) is 3.15. The zero-order valence-corrected chi connectivity index (χ0v) is 11.6. The van der Waals surface area contributed by atoms with Crippen LogP contribution in [0.1, 0.15) is 51.0 Å². The number of hydrogen-bond donors (Lipinski definition) is 2. The minimum absolute atomic E-state index is 0.556. The second-order valence-corrected chi connectivity index (χ2v) is 5.48. The van der Waals surface area contributed by atoms with Crippen LogP contribution in [0.2, 0.25) is 0 Å². The molecule has 0 saturated heterocycles. The van der Waals surface area contributed by atoms with Gasteiger partial charge in [-0.1, -0.05) is 26.2 Å². The average molecular weight is 247 g/mol. The molecule has 1 aromatic rings. The molecule has 0 aromatic carbocycles. The number of hydrogen-bond acceptors (Lipinski definition) is 3. The van der Waals surface area contributed by atoms with E-state index < -0.39 is 0 Å². The molecule has 0 radical (unpaired) electrons. The van der Waals surface area contributed by atoms with Crippen LogP contribution in [0.3, 0.4) is 0 Å². The summed E-state index contributed by atoms with van der Waals surface area (Å²) in [5.74, 6) is 1.78. The molecule has 1 unspecified atom stereocenters. The zero-order chi connectivity index (χ0) is 13.0. The summed E-state index contributed by atoms with van der Waals surface area (Å²) in [5.41, 5.74) is 7.68. The predicted molar refractivity (Wildman–Crippen MR) is 77.7 cm³/mol. The lowest BCUT2D eigenvalue weighted by molar-refractivity contribution is 0.312. The van der Waals surface area contributed by atoms with Gasteiger partial charge in [0.25, 0.3) is 0 Å².